The van der Waals surface area contributed by atoms with Gasteiger partial charge in [-0.1, -0.05) is 60.7 Å². The monoisotopic (exact) mass is 358 g/mol. The first-order chi connectivity index (χ1) is 13.3. The van der Waals surface area contributed by atoms with Crippen LogP contribution in [0, 0.1) is 0 Å². The number of para-hydroxylation sites is 1. The molecule has 0 heterocycles. The van der Waals surface area contributed by atoms with Crippen LogP contribution in [0.25, 0.3) is 6.08 Å². The molecule has 0 fully saturated rings. The Morgan fingerprint density at radius 2 is 1.67 bits per heavy atom. The van der Waals surface area contributed by atoms with Crippen molar-refractivity contribution >= 4 is 17.8 Å². The largest absolute Gasteiger partial charge is 0.497 e. The molecule has 0 aliphatic carbocycles. The van der Waals surface area contributed by atoms with E-state index in [1.165, 1.54) is 0 Å². The summed E-state index contributed by atoms with van der Waals surface area (Å²) in [4.78, 5) is 14.5. The van der Waals surface area contributed by atoms with Crippen molar-refractivity contribution in [2.45, 2.75) is 6.54 Å². The maximum Gasteiger partial charge on any atom is 0.326 e. The summed E-state index contributed by atoms with van der Waals surface area (Å²) in [6, 6.07) is 27.0. The zero-order valence-corrected chi connectivity index (χ0v) is 15.2. The maximum atomic E-state index is 12.8. The van der Waals surface area contributed by atoms with Gasteiger partial charge >= 0.3 is 6.03 Å². The van der Waals surface area contributed by atoms with Crippen LogP contribution in [-0.4, -0.2) is 13.1 Å². The van der Waals surface area contributed by atoms with Gasteiger partial charge in [-0.2, -0.15) is 0 Å². The molecule has 136 valence electrons. The number of ether oxygens (including phenoxy) is 1. The molecule has 3 aromatic rings. The van der Waals surface area contributed by atoms with Crippen molar-refractivity contribution in [3.05, 3.63) is 102 Å². The summed E-state index contributed by atoms with van der Waals surface area (Å²) in [7, 11) is 1.63. The number of benzene rings is 3. The number of hydrogen-bond acceptors (Lipinski definition) is 2. The SMILES string of the molecule is COc1cccc(/C=C/NC(=O)N(Cc2ccccc2)c2ccccc2)c1. The molecule has 0 spiro atoms. The molecule has 0 aliphatic rings. The molecule has 0 saturated carbocycles. The highest BCUT2D eigenvalue weighted by atomic mass is 16.5. The zero-order valence-electron chi connectivity index (χ0n) is 15.2. The lowest BCUT2D eigenvalue weighted by molar-refractivity contribution is 0.249. The van der Waals surface area contributed by atoms with E-state index in [0.29, 0.717) is 6.54 Å². The van der Waals surface area contributed by atoms with Crippen LogP contribution < -0.4 is 15.0 Å². The molecule has 1 N–H and O–H groups in total. The van der Waals surface area contributed by atoms with Crippen molar-refractivity contribution in [2.24, 2.45) is 0 Å². The fraction of sp³-hybridized carbons (Fsp3) is 0.0870. The molecule has 0 saturated heterocycles. The van der Waals surface area contributed by atoms with E-state index in [1.54, 1.807) is 18.2 Å². The number of amides is 2. The lowest BCUT2D eigenvalue weighted by Gasteiger charge is -2.22. The van der Waals surface area contributed by atoms with E-state index in [4.69, 9.17) is 4.74 Å². The molecule has 0 aliphatic heterocycles. The molecule has 4 heteroatoms. The highest BCUT2D eigenvalue weighted by molar-refractivity contribution is 5.92. The highest BCUT2D eigenvalue weighted by Crippen LogP contribution is 2.17. The van der Waals surface area contributed by atoms with Gasteiger partial charge in [0.2, 0.25) is 0 Å². The third-order valence-electron chi connectivity index (χ3n) is 4.07. The van der Waals surface area contributed by atoms with Gasteiger partial charge in [-0.05, 0) is 41.5 Å². The molecule has 2 amide bonds. The topological polar surface area (TPSA) is 41.6 Å². The summed E-state index contributed by atoms with van der Waals surface area (Å²) in [6.45, 7) is 0.490. The minimum absolute atomic E-state index is 0.191. The Bertz CT molecular complexity index is 893. The second-order valence-corrected chi connectivity index (χ2v) is 5.97. The first-order valence-electron chi connectivity index (χ1n) is 8.74. The number of urea groups is 1. The van der Waals surface area contributed by atoms with E-state index in [9.17, 15) is 4.79 Å². The van der Waals surface area contributed by atoms with Crippen molar-refractivity contribution in [1.82, 2.24) is 5.32 Å². The van der Waals surface area contributed by atoms with Crippen molar-refractivity contribution in [2.75, 3.05) is 12.0 Å². The third-order valence-corrected chi connectivity index (χ3v) is 4.07. The average Bonchev–Trinajstić information content (AvgIpc) is 2.73. The molecule has 27 heavy (non-hydrogen) atoms. The van der Waals surface area contributed by atoms with Gasteiger partial charge in [0.1, 0.15) is 5.75 Å². The molecule has 0 aromatic heterocycles. The van der Waals surface area contributed by atoms with Crippen LogP contribution in [0.4, 0.5) is 10.5 Å². The predicted molar refractivity (Wildman–Crippen MR) is 110 cm³/mol. The maximum absolute atomic E-state index is 12.8. The smallest absolute Gasteiger partial charge is 0.326 e. The Labute approximate surface area is 159 Å². The van der Waals surface area contributed by atoms with Crippen LogP contribution in [0.5, 0.6) is 5.75 Å². The molecular formula is C23H22N2O2. The number of carbonyl (C=O) groups is 1. The fourth-order valence-electron chi connectivity index (χ4n) is 2.69. The zero-order chi connectivity index (χ0) is 18.9. The van der Waals surface area contributed by atoms with Crippen LogP contribution in [-0.2, 0) is 6.54 Å². The highest BCUT2D eigenvalue weighted by Gasteiger charge is 2.14. The Balaban J connectivity index is 1.73. The van der Waals surface area contributed by atoms with Gasteiger partial charge < -0.3 is 10.1 Å². The fourth-order valence-corrected chi connectivity index (χ4v) is 2.69. The molecule has 4 nitrogen and oxygen atoms in total. The van der Waals surface area contributed by atoms with Gasteiger partial charge in [-0.25, -0.2) is 4.79 Å². The number of hydrogen-bond donors (Lipinski definition) is 1. The van der Waals surface area contributed by atoms with Gasteiger partial charge in [0, 0.05) is 11.9 Å². The van der Waals surface area contributed by atoms with Crippen LogP contribution >= 0.6 is 0 Å². The normalized spacial score (nSPS) is 10.6. The second kappa shape index (κ2) is 9.25. The lowest BCUT2D eigenvalue weighted by Crippen LogP contribution is -2.37. The molecule has 3 aromatic carbocycles. The van der Waals surface area contributed by atoms with Gasteiger partial charge in [-0.3, -0.25) is 4.90 Å². The molecule has 3 rings (SSSR count). The summed E-state index contributed by atoms with van der Waals surface area (Å²) in [6.07, 6.45) is 3.49. The van der Waals surface area contributed by atoms with E-state index in [-0.39, 0.29) is 6.03 Å². The van der Waals surface area contributed by atoms with Crippen LogP contribution in [0.2, 0.25) is 0 Å². The van der Waals surface area contributed by atoms with E-state index >= 15 is 0 Å². The summed E-state index contributed by atoms with van der Waals surface area (Å²) < 4.78 is 5.22. The predicted octanol–water partition coefficient (Wildman–Crippen LogP) is 5.08. The van der Waals surface area contributed by atoms with E-state index in [0.717, 1.165) is 22.6 Å². The number of carbonyl (C=O) groups excluding carboxylic acids is 1. The first kappa shape index (κ1) is 18.3. The summed E-state index contributed by atoms with van der Waals surface area (Å²) in [5.41, 5.74) is 2.85. The van der Waals surface area contributed by atoms with Gasteiger partial charge in [0.05, 0.1) is 13.7 Å². The van der Waals surface area contributed by atoms with Crippen LogP contribution in [0.3, 0.4) is 0 Å². The molecular weight excluding hydrogens is 336 g/mol. The Morgan fingerprint density at radius 3 is 2.37 bits per heavy atom. The standard InChI is InChI=1S/C23H22N2O2/c1-27-22-14-8-11-19(17-22)15-16-24-23(26)25(21-12-6-3-7-13-21)18-20-9-4-2-5-10-20/h2-17H,18H2,1H3,(H,24,26)/b16-15+. The number of rotatable bonds is 6. The average molecular weight is 358 g/mol. The molecule has 0 unspecified atom stereocenters. The van der Waals surface area contributed by atoms with Crippen molar-refractivity contribution in [1.29, 1.82) is 0 Å². The van der Waals surface area contributed by atoms with Gasteiger partial charge in [0.25, 0.3) is 0 Å². The van der Waals surface area contributed by atoms with Crippen LogP contribution in [0.1, 0.15) is 11.1 Å². The summed E-state index contributed by atoms with van der Waals surface area (Å²) in [5, 5.41) is 2.85. The van der Waals surface area contributed by atoms with Crippen LogP contribution in [0.15, 0.2) is 91.1 Å². The Kier molecular flexibility index (Phi) is 6.26. The third kappa shape index (κ3) is 5.22. The number of anilines is 1. The molecule has 0 radical (unpaired) electrons. The lowest BCUT2D eigenvalue weighted by atomic mass is 10.2. The summed E-state index contributed by atoms with van der Waals surface area (Å²) in [5.74, 6) is 0.776. The number of nitrogens with one attached hydrogen (secondary N) is 1. The summed E-state index contributed by atoms with van der Waals surface area (Å²) >= 11 is 0. The minimum atomic E-state index is -0.191. The molecule has 0 atom stereocenters. The quantitative estimate of drug-likeness (QED) is 0.667. The Morgan fingerprint density at radius 1 is 0.963 bits per heavy atom. The van der Waals surface area contributed by atoms with Crippen molar-refractivity contribution < 1.29 is 9.53 Å². The van der Waals surface area contributed by atoms with Gasteiger partial charge in [0.15, 0.2) is 0 Å². The van der Waals surface area contributed by atoms with E-state index in [1.807, 2.05) is 91.0 Å². The number of methoxy groups -OCH3 is 1. The second-order valence-electron chi connectivity index (χ2n) is 5.97. The Hall–Kier alpha value is -3.53. The minimum Gasteiger partial charge on any atom is -0.497 e. The van der Waals surface area contributed by atoms with E-state index in [2.05, 4.69) is 5.32 Å². The van der Waals surface area contributed by atoms with Crippen molar-refractivity contribution in [3.8, 4) is 5.75 Å². The number of nitrogens with zero attached hydrogens (tertiary/aromatic N) is 1. The van der Waals surface area contributed by atoms with Gasteiger partial charge in [-0.15, -0.1) is 0 Å². The van der Waals surface area contributed by atoms with E-state index < -0.39 is 0 Å². The van der Waals surface area contributed by atoms with Crippen molar-refractivity contribution in [3.63, 3.8) is 0 Å². The molecule has 0 bridgehead atoms. The first-order valence-corrected chi connectivity index (χ1v) is 8.74.